The number of hydrogen-bond donors (Lipinski definition) is 0. The maximum Gasteiger partial charge on any atom is 0.255 e. The van der Waals surface area contributed by atoms with E-state index in [1.165, 1.54) is 12.8 Å². The van der Waals surface area contributed by atoms with Crippen LogP contribution in [-0.2, 0) is 0 Å². The van der Waals surface area contributed by atoms with E-state index in [9.17, 15) is 13.2 Å². The van der Waals surface area contributed by atoms with Crippen molar-refractivity contribution in [2.45, 2.75) is 99.6 Å². The van der Waals surface area contributed by atoms with E-state index >= 15 is 0 Å². The summed E-state index contributed by atoms with van der Waals surface area (Å²) in [5.74, 6) is 1.18. The Morgan fingerprint density at radius 3 is 1.50 bits per heavy atom. The Bertz CT molecular complexity index is 570. The summed E-state index contributed by atoms with van der Waals surface area (Å²) in [5, 5.41) is 0. The van der Waals surface area contributed by atoms with Crippen LogP contribution in [-0.4, -0.2) is 12.1 Å². The molecule has 0 aromatic carbocycles. The van der Waals surface area contributed by atoms with E-state index in [0.717, 1.165) is 42.9 Å². The van der Waals surface area contributed by atoms with Crippen LogP contribution in [0.4, 0.5) is 13.2 Å². The quantitative estimate of drug-likeness (QED) is 0.292. The minimum absolute atomic E-state index is 0.0378. The molecule has 3 rings (SSSR count). The molecule has 0 spiro atoms. The van der Waals surface area contributed by atoms with Gasteiger partial charge >= 0.3 is 0 Å². The van der Waals surface area contributed by atoms with Crippen molar-refractivity contribution in [2.75, 3.05) is 0 Å². The molecule has 3 saturated carbocycles. The minimum atomic E-state index is -2.48. The maximum absolute atomic E-state index is 14.7. The van der Waals surface area contributed by atoms with Gasteiger partial charge in [-0.05, 0) is 72.0 Å². The molecule has 3 heteroatoms. The highest BCUT2D eigenvalue weighted by molar-refractivity contribution is 5.09. The summed E-state index contributed by atoms with van der Waals surface area (Å²) in [6.07, 6.45) is 4.78. The lowest BCUT2D eigenvalue weighted by Crippen LogP contribution is -2.11. The summed E-state index contributed by atoms with van der Waals surface area (Å²) in [7, 11) is 0. The van der Waals surface area contributed by atoms with Crippen molar-refractivity contribution < 1.29 is 13.2 Å². The fourth-order valence-electron chi connectivity index (χ4n) is 7.16. The van der Waals surface area contributed by atoms with Crippen molar-refractivity contribution in [1.29, 1.82) is 0 Å². The molecule has 3 fully saturated rings. The third-order valence-electron chi connectivity index (χ3n) is 9.48. The molecule has 0 bridgehead atoms. The lowest BCUT2D eigenvalue weighted by atomic mass is 9.86. The van der Waals surface area contributed by atoms with E-state index in [0.29, 0.717) is 11.8 Å². The van der Waals surface area contributed by atoms with Gasteiger partial charge in [0.1, 0.15) is 6.17 Å². The molecule has 3 aliphatic rings. The largest absolute Gasteiger partial charge is 0.255 e. The summed E-state index contributed by atoms with van der Waals surface area (Å²) < 4.78 is 42.9. The Balaban J connectivity index is 1.38. The molecule has 11 atom stereocenters. The molecule has 11 unspecified atom stereocenters. The molecule has 0 aliphatic heterocycles. The molecule has 0 radical (unpaired) electrons. The van der Waals surface area contributed by atoms with Gasteiger partial charge in [-0.1, -0.05) is 74.7 Å². The van der Waals surface area contributed by atoms with Crippen LogP contribution in [0.2, 0.25) is 0 Å². The minimum Gasteiger partial charge on any atom is -0.247 e. The molecule has 30 heavy (non-hydrogen) atoms. The van der Waals surface area contributed by atoms with Crippen molar-refractivity contribution in [2.24, 2.45) is 71.0 Å². The monoisotopic (exact) mass is 428 g/mol. The number of hydrogen-bond acceptors (Lipinski definition) is 0. The smallest absolute Gasteiger partial charge is 0.247 e. The standard InChI is InChI=1S/C27H47F3/c1-14(2)20-13-21(20)16(5)9-10-17(6)22-23(26(22)28)18(7)11-12-19(8)25-24(15(3)4)27(25,29)30/h14-26H,9-13H2,1-8H3. The third-order valence-corrected chi connectivity index (χ3v) is 9.48. The van der Waals surface area contributed by atoms with Gasteiger partial charge in [0.25, 0.3) is 5.92 Å². The Labute approximate surface area is 184 Å². The van der Waals surface area contributed by atoms with Gasteiger partial charge in [0.05, 0.1) is 0 Å². The van der Waals surface area contributed by atoms with E-state index in [-0.39, 0.29) is 23.7 Å². The van der Waals surface area contributed by atoms with Gasteiger partial charge in [0.2, 0.25) is 0 Å². The molecule has 0 aromatic heterocycles. The summed E-state index contributed by atoms with van der Waals surface area (Å²) in [5.41, 5.74) is 0. The highest BCUT2D eigenvalue weighted by Crippen LogP contribution is 2.63. The molecule has 3 aliphatic carbocycles. The zero-order chi connectivity index (χ0) is 22.5. The molecule has 176 valence electrons. The average Bonchev–Trinajstić information content (AvgIpc) is 3.55. The Hall–Kier alpha value is -0.210. The van der Waals surface area contributed by atoms with Crippen LogP contribution in [0.15, 0.2) is 0 Å². The summed E-state index contributed by atoms with van der Waals surface area (Å²) in [6.45, 7) is 17.2. The molecule has 0 heterocycles. The lowest BCUT2D eigenvalue weighted by molar-refractivity contribution is 0.0680. The van der Waals surface area contributed by atoms with E-state index in [1.54, 1.807) is 0 Å². The SMILES string of the molecule is CC(C)C1CC1C(C)CCC(C)C1C(F)C1C(C)CCC(C)C1C(C(C)C)C1(F)F. The Morgan fingerprint density at radius 1 is 0.633 bits per heavy atom. The number of halogens is 3. The lowest BCUT2D eigenvalue weighted by Gasteiger charge is -2.18. The van der Waals surface area contributed by atoms with Crippen LogP contribution < -0.4 is 0 Å². The predicted molar refractivity (Wildman–Crippen MR) is 120 cm³/mol. The normalized spacial score (nSPS) is 40.9. The van der Waals surface area contributed by atoms with Gasteiger partial charge < -0.3 is 0 Å². The van der Waals surface area contributed by atoms with Gasteiger partial charge in [-0.3, -0.25) is 0 Å². The Morgan fingerprint density at radius 2 is 1.10 bits per heavy atom. The van der Waals surface area contributed by atoms with Crippen LogP contribution >= 0.6 is 0 Å². The second-order valence-corrected chi connectivity index (χ2v) is 12.4. The molecule has 0 aromatic rings. The van der Waals surface area contributed by atoms with Gasteiger partial charge in [-0.15, -0.1) is 0 Å². The van der Waals surface area contributed by atoms with Gasteiger partial charge in [-0.2, -0.15) is 0 Å². The van der Waals surface area contributed by atoms with Crippen LogP contribution in [0, 0.1) is 71.0 Å². The van der Waals surface area contributed by atoms with Crippen molar-refractivity contribution in [3.8, 4) is 0 Å². The highest BCUT2D eigenvalue weighted by Gasteiger charge is 2.70. The first-order chi connectivity index (χ1) is 13.9. The summed E-state index contributed by atoms with van der Waals surface area (Å²) >= 11 is 0. The zero-order valence-electron chi connectivity index (χ0n) is 20.7. The van der Waals surface area contributed by atoms with Gasteiger partial charge in [0, 0.05) is 11.8 Å². The fourth-order valence-corrected chi connectivity index (χ4v) is 7.16. The van der Waals surface area contributed by atoms with E-state index in [4.69, 9.17) is 0 Å². The Kier molecular flexibility index (Phi) is 7.30. The molecule has 0 saturated heterocycles. The zero-order valence-corrected chi connectivity index (χ0v) is 20.7. The van der Waals surface area contributed by atoms with Crippen LogP contribution in [0.3, 0.4) is 0 Å². The maximum atomic E-state index is 14.7. The molecule has 0 amide bonds. The number of rotatable bonds is 12. The molecular weight excluding hydrogens is 381 g/mol. The van der Waals surface area contributed by atoms with Crippen molar-refractivity contribution in [1.82, 2.24) is 0 Å². The number of alkyl halides is 3. The van der Waals surface area contributed by atoms with Crippen molar-refractivity contribution >= 4 is 0 Å². The second-order valence-electron chi connectivity index (χ2n) is 12.4. The fraction of sp³-hybridized carbons (Fsp3) is 1.00. The van der Waals surface area contributed by atoms with Crippen LogP contribution in [0.1, 0.15) is 87.5 Å². The predicted octanol–water partition coefficient (Wildman–Crippen LogP) is 8.50. The van der Waals surface area contributed by atoms with Gasteiger partial charge in [0.15, 0.2) is 0 Å². The topological polar surface area (TPSA) is 0 Å². The first-order valence-electron chi connectivity index (χ1n) is 12.9. The molecule has 0 N–H and O–H groups in total. The summed E-state index contributed by atoms with van der Waals surface area (Å²) in [6, 6.07) is 0. The van der Waals surface area contributed by atoms with E-state index < -0.39 is 23.9 Å². The first-order valence-corrected chi connectivity index (χ1v) is 12.9. The average molecular weight is 429 g/mol. The van der Waals surface area contributed by atoms with Crippen molar-refractivity contribution in [3.63, 3.8) is 0 Å². The molecule has 0 nitrogen and oxygen atoms in total. The third kappa shape index (κ3) is 4.90. The summed E-state index contributed by atoms with van der Waals surface area (Å²) in [4.78, 5) is 0. The second kappa shape index (κ2) is 8.97. The van der Waals surface area contributed by atoms with E-state index in [1.807, 2.05) is 20.8 Å². The van der Waals surface area contributed by atoms with E-state index in [2.05, 4.69) is 34.6 Å². The van der Waals surface area contributed by atoms with Crippen LogP contribution in [0.25, 0.3) is 0 Å². The highest BCUT2D eigenvalue weighted by atomic mass is 19.3. The van der Waals surface area contributed by atoms with Crippen LogP contribution in [0.5, 0.6) is 0 Å². The van der Waals surface area contributed by atoms with Crippen molar-refractivity contribution in [3.05, 3.63) is 0 Å². The first kappa shape index (κ1) is 24.4. The molecular formula is C27H47F3. The van der Waals surface area contributed by atoms with Gasteiger partial charge in [-0.25, -0.2) is 13.2 Å².